The lowest BCUT2D eigenvalue weighted by Gasteiger charge is -2.12. The van der Waals surface area contributed by atoms with Crippen LogP contribution in [0.1, 0.15) is 118 Å². The Morgan fingerprint density at radius 1 is 0.275 bits per heavy atom. The van der Waals surface area contributed by atoms with Crippen LogP contribution in [0.3, 0.4) is 0 Å². The summed E-state index contributed by atoms with van der Waals surface area (Å²) >= 11 is 6.92. The topological polar surface area (TPSA) is 266 Å². The molecule has 15 aromatic carbocycles. The third-order valence-electron chi connectivity index (χ3n) is 23.7. The van der Waals surface area contributed by atoms with Crippen molar-refractivity contribution in [3.63, 3.8) is 0 Å². The molecule has 149 heavy (non-hydrogen) atoms. The van der Waals surface area contributed by atoms with Crippen molar-refractivity contribution in [2.75, 3.05) is 7.11 Å². The SMILES string of the molecule is COc1ccc2c(-c3ccc(F)cc3)c(Oc3ccc(C)cc3)sc2c1.Cc1cc(C)c(C(=O)c2sc3cc(O)ccc3c2Oc2ccc(/C=C/OC=O)cc2)c(C)c1.Cc1cc(C)c(C(=O)c2sc3cc(O)ccc3c2Oc2ccc(/C=C/OC=O)cc2)c(C)c1.Cc1ccc(C(=O)c2sc3cc(O)ccc3c2Oc2ccc(/C=C/OC=O)cc2)c(C)c1.Cc1ccc(Oc2sc3cc(O)ccc3c2-c2ccc(F)cc2)cc1. The molecule has 19 nitrogen and oxygen atoms in total. The minimum atomic E-state index is -0.276. The van der Waals surface area contributed by atoms with E-state index in [-0.39, 0.29) is 52.0 Å². The smallest absolute Gasteiger partial charge is 0.297 e. The van der Waals surface area contributed by atoms with Crippen LogP contribution < -0.4 is 28.4 Å². The molecule has 5 heterocycles. The molecule has 0 fully saturated rings. The van der Waals surface area contributed by atoms with E-state index in [1.807, 2.05) is 221 Å². The molecule has 0 aliphatic carbocycles. The summed E-state index contributed by atoms with van der Waals surface area (Å²) in [6.45, 7) is 20.8. The maximum absolute atomic E-state index is 13.7. The molecular weight excluding hydrogens is 1980 g/mol. The van der Waals surface area contributed by atoms with Gasteiger partial charge in [0.2, 0.25) is 17.3 Å². The summed E-state index contributed by atoms with van der Waals surface area (Å²) in [5.74, 6) is 5.11. The van der Waals surface area contributed by atoms with Crippen LogP contribution in [-0.2, 0) is 28.6 Å². The highest BCUT2D eigenvalue weighted by Crippen LogP contribution is 2.52. The number of halogens is 2. The zero-order valence-corrected chi connectivity index (χ0v) is 86.4. The van der Waals surface area contributed by atoms with Gasteiger partial charge in [0.05, 0.1) is 25.9 Å². The summed E-state index contributed by atoms with van der Waals surface area (Å²) < 4.78 is 81.0. The van der Waals surface area contributed by atoms with Gasteiger partial charge in [-0.2, -0.15) is 0 Å². The summed E-state index contributed by atoms with van der Waals surface area (Å²) in [5.41, 5.74) is 18.3. The summed E-state index contributed by atoms with van der Waals surface area (Å²) in [6, 6.07) is 90.0. The molecule has 4 N–H and O–H groups in total. The van der Waals surface area contributed by atoms with Crippen molar-refractivity contribution in [3.05, 3.63) is 437 Å². The Bertz CT molecular complexity index is 8200. The van der Waals surface area contributed by atoms with Crippen molar-refractivity contribution in [2.24, 2.45) is 0 Å². The standard InChI is InChI=1S/2C27H22O5S.C26H20O5S.C22H17FO2S.C21H15FO2S/c2*1-16-12-17(2)24(18(3)13-16)25(30)27-26(22-9-6-20(29)14-23(22)33-27)32-21-7-4-19(5-8-21)10-11-31-15-28;1-16-3-9-21(17(2)13-16)24(29)26-25(22-10-6-19(28)14-23(22)32-26)31-20-7-4-18(5-8-20)11-12-30-15-27;1-14-3-9-17(10-4-14)25-22-21(15-5-7-16(23)8-6-15)19-12-11-18(24-2)13-20(19)26-22;1-13-2-9-17(10-3-13)24-21-20(14-4-6-15(22)7-5-14)18-11-8-16(23)12-19(18)25-21/h2*4-15,29H,1-3H3;3-15,28H,1-2H3;3-13H,1-2H3;2-12,23H,1H3/b2*11-10+;12-11+;;. The molecule has 0 unspecified atom stereocenters. The summed E-state index contributed by atoms with van der Waals surface area (Å²) in [6.07, 6.45) is 8.84. The molecule has 26 heteroatoms. The largest absolute Gasteiger partial charge is 0.508 e. The number of methoxy groups -OCH3 is 1. The normalized spacial score (nSPS) is 11.0. The first-order chi connectivity index (χ1) is 71.9. The molecule has 746 valence electrons. The second-order valence-electron chi connectivity index (χ2n) is 34.7. The van der Waals surface area contributed by atoms with Crippen molar-refractivity contribution < 1.29 is 101 Å². The maximum atomic E-state index is 13.7. The maximum Gasteiger partial charge on any atom is 0.297 e. The van der Waals surface area contributed by atoms with Crippen molar-refractivity contribution >= 4 is 162 Å². The highest BCUT2D eigenvalue weighted by atomic mass is 32.1. The molecule has 0 aliphatic heterocycles. The van der Waals surface area contributed by atoms with E-state index >= 15 is 0 Å². The number of phenols is 4. The lowest BCUT2D eigenvalue weighted by atomic mass is 9.95. The first kappa shape index (κ1) is 104. The minimum absolute atomic E-state index is 0.105. The number of carbonyl (C=O) groups excluding carboxylic acids is 6. The first-order valence-corrected chi connectivity index (χ1v) is 50.6. The van der Waals surface area contributed by atoms with Gasteiger partial charge in [-0.1, -0.05) is 178 Å². The van der Waals surface area contributed by atoms with E-state index in [0.717, 1.165) is 167 Å². The van der Waals surface area contributed by atoms with Crippen molar-refractivity contribution in [2.45, 2.75) is 69.2 Å². The van der Waals surface area contributed by atoms with Gasteiger partial charge in [-0.25, -0.2) is 8.78 Å². The van der Waals surface area contributed by atoms with Crippen molar-refractivity contribution in [1.82, 2.24) is 0 Å². The van der Waals surface area contributed by atoms with Crippen LogP contribution in [0.25, 0.3) is 90.9 Å². The zero-order valence-electron chi connectivity index (χ0n) is 82.3. The zero-order chi connectivity index (χ0) is 105. The fourth-order valence-electron chi connectivity index (χ4n) is 16.8. The van der Waals surface area contributed by atoms with E-state index in [4.69, 9.17) is 28.4 Å². The van der Waals surface area contributed by atoms with Gasteiger partial charge in [-0.3, -0.25) is 28.8 Å². The van der Waals surface area contributed by atoms with E-state index in [0.29, 0.717) is 85.2 Å². The Labute approximate surface area is 877 Å². The number of hydrogen-bond donors (Lipinski definition) is 4. The van der Waals surface area contributed by atoms with Crippen LogP contribution in [0.15, 0.2) is 322 Å². The Morgan fingerprint density at radius 3 is 0.886 bits per heavy atom. The number of hydrogen-bond acceptors (Lipinski definition) is 24. The number of aromatic hydroxyl groups is 4. The fourth-order valence-corrected chi connectivity index (χ4v) is 22.4. The van der Waals surface area contributed by atoms with E-state index in [9.17, 15) is 58.0 Å². The number of fused-ring (bicyclic) bond motifs is 5. The summed E-state index contributed by atoms with van der Waals surface area (Å²) in [7, 11) is 1.65. The van der Waals surface area contributed by atoms with E-state index < -0.39 is 0 Å². The highest BCUT2D eigenvalue weighted by molar-refractivity contribution is 7.23. The van der Waals surface area contributed by atoms with Gasteiger partial charge in [0.1, 0.15) is 83.8 Å². The third-order valence-corrected chi connectivity index (χ3v) is 29.1. The van der Waals surface area contributed by atoms with Crippen LogP contribution in [0.4, 0.5) is 8.78 Å². The number of rotatable bonds is 28. The summed E-state index contributed by atoms with van der Waals surface area (Å²) in [5, 5.41) is 45.4. The van der Waals surface area contributed by atoms with Gasteiger partial charge < -0.3 is 63.1 Å². The van der Waals surface area contributed by atoms with Gasteiger partial charge in [-0.05, 0) is 319 Å². The molecule has 5 aromatic heterocycles. The van der Waals surface area contributed by atoms with Gasteiger partial charge >= 0.3 is 0 Å². The van der Waals surface area contributed by atoms with Crippen molar-refractivity contribution in [1.29, 1.82) is 0 Å². The number of phenolic OH excluding ortho intramolecular Hbond substituents is 4. The van der Waals surface area contributed by atoms with E-state index in [1.54, 1.807) is 164 Å². The molecule has 20 rings (SSSR count). The Balaban J connectivity index is 0.000000133. The Morgan fingerprint density at radius 2 is 0.557 bits per heavy atom. The van der Waals surface area contributed by atoms with E-state index in [2.05, 4.69) is 14.2 Å². The molecule has 0 radical (unpaired) electrons. The summed E-state index contributed by atoms with van der Waals surface area (Å²) in [4.78, 5) is 73.0. The monoisotopic (exact) mass is 2070 g/mol. The average Bonchev–Trinajstić information content (AvgIpc) is 1.64. The van der Waals surface area contributed by atoms with Crippen LogP contribution in [0.5, 0.6) is 84.9 Å². The molecule has 0 aliphatic rings. The second kappa shape index (κ2) is 47.6. The molecule has 20 aromatic rings. The predicted octanol–water partition coefficient (Wildman–Crippen LogP) is 33.1. The first-order valence-electron chi connectivity index (χ1n) is 46.6. The number of aryl methyl sites for hydroxylation is 10. The van der Waals surface area contributed by atoms with Crippen LogP contribution in [0.2, 0.25) is 0 Å². The molecule has 0 saturated heterocycles. The molecule has 0 amide bonds. The highest BCUT2D eigenvalue weighted by Gasteiger charge is 2.30. The van der Waals surface area contributed by atoms with Crippen LogP contribution in [-0.4, -0.2) is 64.3 Å². The molecule has 0 spiro atoms. The molecule has 0 saturated carbocycles. The lowest BCUT2D eigenvalue weighted by molar-refractivity contribution is -0.124. The predicted molar refractivity (Wildman–Crippen MR) is 591 cm³/mol. The number of benzene rings is 15. The lowest BCUT2D eigenvalue weighted by Crippen LogP contribution is -2.06. The number of thiophene rings is 5. The van der Waals surface area contributed by atoms with E-state index in [1.165, 1.54) is 94.0 Å². The molecule has 0 bridgehead atoms. The van der Waals surface area contributed by atoms with Crippen LogP contribution in [0, 0.1) is 80.9 Å². The number of carbonyl (C=O) groups is 6. The Kier molecular flexibility index (Phi) is 33.4. The van der Waals surface area contributed by atoms with Gasteiger partial charge in [0.25, 0.3) is 19.4 Å². The second-order valence-corrected chi connectivity index (χ2v) is 39.9. The Hall–Kier alpha value is -17.4. The van der Waals surface area contributed by atoms with Crippen LogP contribution >= 0.6 is 56.7 Å². The van der Waals surface area contributed by atoms with Gasteiger partial charge in [-0.15, -0.1) is 34.0 Å². The van der Waals surface area contributed by atoms with Gasteiger partial charge in [0.15, 0.2) is 27.4 Å². The quantitative estimate of drug-likeness (QED) is 0.0154. The fraction of sp³-hybridized carbons (Fsp3) is 0.0894. The molecular formula is C123H96F2O19S5. The molecule has 0 atom stereocenters. The third kappa shape index (κ3) is 25.4. The minimum Gasteiger partial charge on any atom is -0.508 e. The average molecular weight is 2080 g/mol. The van der Waals surface area contributed by atoms with Crippen molar-refractivity contribution in [3.8, 4) is 107 Å². The van der Waals surface area contributed by atoms with Gasteiger partial charge in [0, 0.05) is 78.2 Å². The number of ketones is 3. The number of ether oxygens (including phenoxy) is 9.